The molecule has 1 aromatic carbocycles. The first-order valence-corrected chi connectivity index (χ1v) is 6.50. The molecule has 94 valence electrons. The number of anilines is 3. The van der Waals surface area contributed by atoms with Crippen LogP contribution in [0.1, 0.15) is 0 Å². The number of benzene rings is 1. The Bertz CT molecular complexity index is 544. The number of aromatic nitrogens is 2. The Hall–Kier alpha value is -1.82. The van der Waals surface area contributed by atoms with Crippen molar-refractivity contribution in [3.05, 3.63) is 36.1 Å². The van der Waals surface area contributed by atoms with Gasteiger partial charge in [-0.3, -0.25) is 0 Å². The molecule has 0 fully saturated rings. The van der Waals surface area contributed by atoms with Crippen LogP contribution in [0.2, 0.25) is 0 Å². The van der Waals surface area contributed by atoms with E-state index in [4.69, 9.17) is 5.73 Å². The van der Waals surface area contributed by atoms with Crippen LogP contribution in [0.3, 0.4) is 0 Å². The van der Waals surface area contributed by atoms with E-state index in [1.165, 1.54) is 23.9 Å². The third-order valence-electron chi connectivity index (χ3n) is 2.45. The van der Waals surface area contributed by atoms with Gasteiger partial charge in [-0.1, -0.05) is 11.8 Å². The molecule has 0 amide bonds. The summed E-state index contributed by atoms with van der Waals surface area (Å²) in [6.45, 7) is 0. The average molecular weight is 264 g/mol. The van der Waals surface area contributed by atoms with Crippen molar-refractivity contribution in [3.8, 4) is 0 Å². The molecule has 0 spiro atoms. The third-order valence-corrected chi connectivity index (χ3v) is 3.00. The summed E-state index contributed by atoms with van der Waals surface area (Å²) in [6.07, 6.45) is 1.89. The number of nitrogen functional groups attached to an aromatic ring is 1. The Morgan fingerprint density at radius 2 is 1.89 bits per heavy atom. The summed E-state index contributed by atoms with van der Waals surface area (Å²) in [5.74, 6) is 0.830. The van der Waals surface area contributed by atoms with E-state index in [-0.39, 0.29) is 5.82 Å². The van der Waals surface area contributed by atoms with Crippen molar-refractivity contribution in [2.45, 2.75) is 5.16 Å². The molecule has 0 bridgehead atoms. The highest BCUT2D eigenvalue weighted by Gasteiger charge is 2.08. The summed E-state index contributed by atoms with van der Waals surface area (Å²) < 4.78 is 12.9. The van der Waals surface area contributed by atoms with Gasteiger partial charge in [-0.25, -0.2) is 14.4 Å². The second-order valence-electron chi connectivity index (χ2n) is 3.67. The molecule has 2 rings (SSSR count). The number of nitrogens with two attached hydrogens (primary N) is 1. The molecule has 0 aliphatic heterocycles. The van der Waals surface area contributed by atoms with Crippen LogP contribution >= 0.6 is 11.8 Å². The van der Waals surface area contributed by atoms with Crippen LogP contribution in [-0.4, -0.2) is 23.3 Å². The molecule has 0 aliphatic rings. The predicted octanol–water partition coefficient (Wildman–Crippen LogP) is 2.69. The van der Waals surface area contributed by atoms with Crippen LogP contribution in [0.15, 0.2) is 35.5 Å². The largest absolute Gasteiger partial charge is 0.383 e. The predicted molar refractivity (Wildman–Crippen MR) is 72.7 cm³/mol. The Balaban J connectivity index is 2.35. The van der Waals surface area contributed by atoms with Crippen molar-refractivity contribution < 1.29 is 4.39 Å². The fraction of sp³-hybridized carbons (Fsp3) is 0.167. The summed E-state index contributed by atoms with van der Waals surface area (Å²) in [5.41, 5.74) is 6.56. The van der Waals surface area contributed by atoms with E-state index in [1.54, 1.807) is 18.2 Å². The molecule has 0 aliphatic carbocycles. The standard InChI is InChI=1S/C12H13FN4S/c1-17(9-5-3-8(13)4-6-9)11-7-10(14)15-12(16-11)18-2/h3-7H,1-2H3,(H2,14,15,16). The van der Waals surface area contributed by atoms with Gasteiger partial charge in [0.05, 0.1) is 0 Å². The molecule has 0 unspecified atom stereocenters. The van der Waals surface area contributed by atoms with Crippen LogP contribution in [0.4, 0.5) is 21.7 Å². The summed E-state index contributed by atoms with van der Waals surface area (Å²) in [6, 6.07) is 7.87. The fourth-order valence-electron chi connectivity index (χ4n) is 1.49. The highest BCUT2D eigenvalue weighted by Crippen LogP contribution is 2.24. The van der Waals surface area contributed by atoms with E-state index >= 15 is 0 Å². The number of nitrogens with zero attached hydrogens (tertiary/aromatic N) is 3. The highest BCUT2D eigenvalue weighted by atomic mass is 32.2. The molecule has 6 heteroatoms. The van der Waals surface area contributed by atoms with Crippen LogP contribution in [-0.2, 0) is 0 Å². The minimum absolute atomic E-state index is 0.265. The van der Waals surface area contributed by atoms with Crippen molar-refractivity contribution in [2.75, 3.05) is 23.9 Å². The van der Waals surface area contributed by atoms with Gasteiger partial charge in [-0.05, 0) is 30.5 Å². The molecule has 18 heavy (non-hydrogen) atoms. The Morgan fingerprint density at radius 3 is 2.50 bits per heavy atom. The van der Waals surface area contributed by atoms with Gasteiger partial charge in [0.1, 0.15) is 17.5 Å². The van der Waals surface area contributed by atoms with E-state index < -0.39 is 0 Å². The molecule has 0 saturated heterocycles. The normalized spacial score (nSPS) is 10.4. The van der Waals surface area contributed by atoms with Gasteiger partial charge in [0, 0.05) is 18.8 Å². The second-order valence-corrected chi connectivity index (χ2v) is 4.45. The van der Waals surface area contributed by atoms with E-state index in [1.807, 2.05) is 18.2 Å². The maximum Gasteiger partial charge on any atom is 0.191 e. The van der Waals surface area contributed by atoms with Crippen LogP contribution in [0.5, 0.6) is 0 Å². The lowest BCUT2D eigenvalue weighted by molar-refractivity contribution is 0.628. The zero-order valence-corrected chi connectivity index (χ0v) is 10.9. The summed E-state index contributed by atoms with van der Waals surface area (Å²) >= 11 is 1.42. The molecule has 0 saturated carbocycles. The SMILES string of the molecule is CSc1nc(N)cc(N(C)c2ccc(F)cc2)n1. The topological polar surface area (TPSA) is 55.0 Å². The number of hydrogen-bond donors (Lipinski definition) is 1. The van der Waals surface area contributed by atoms with Crippen molar-refractivity contribution in [1.29, 1.82) is 0 Å². The second kappa shape index (κ2) is 5.22. The molecule has 4 nitrogen and oxygen atoms in total. The fourth-order valence-corrected chi connectivity index (χ4v) is 1.87. The number of hydrogen-bond acceptors (Lipinski definition) is 5. The molecular formula is C12H13FN4S. The lowest BCUT2D eigenvalue weighted by atomic mass is 10.3. The van der Waals surface area contributed by atoms with Gasteiger partial charge in [-0.15, -0.1) is 0 Å². The zero-order valence-electron chi connectivity index (χ0n) is 10.1. The monoisotopic (exact) mass is 264 g/mol. The maximum absolute atomic E-state index is 12.9. The van der Waals surface area contributed by atoms with Gasteiger partial charge in [0.25, 0.3) is 0 Å². The third kappa shape index (κ3) is 2.70. The van der Waals surface area contributed by atoms with Gasteiger partial charge < -0.3 is 10.6 Å². The van der Waals surface area contributed by atoms with Crippen molar-refractivity contribution in [3.63, 3.8) is 0 Å². The summed E-state index contributed by atoms with van der Waals surface area (Å²) in [5, 5.41) is 0.610. The van der Waals surface area contributed by atoms with Crippen molar-refractivity contribution in [1.82, 2.24) is 9.97 Å². The van der Waals surface area contributed by atoms with Crippen molar-refractivity contribution in [2.24, 2.45) is 0 Å². The van der Waals surface area contributed by atoms with Gasteiger partial charge in [-0.2, -0.15) is 0 Å². The minimum atomic E-state index is -0.265. The lowest BCUT2D eigenvalue weighted by Crippen LogP contribution is -2.12. The van der Waals surface area contributed by atoms with Gasteiger partial charge in [0.2, 0.25) is 0 Å². The number of thioether (sulfide) groups is 1. The quantitative estimate of drug-likeness (QED) is 0.682. The van der Waals surface area contributed by atoms with E-state index in [0.717, 1.165) is 5.69 Å². The molecule has 1 aromatic heterocycles. The van der Waals surface area contributed by atoms with Crippen LogP contribution in [0.25, 0.3) is 0 Å². The average Bonchev–Trinajstić information content (AvgIpc) is 2.38. The molecule has 2 N–H and O–H groups in total. The first-order valence-electron chi connectivity index (χ1n) is 5.28. The molecule has 0 radical (unpaired) electrons. The molecule has 2 aromatic rings. The molecule has 0 atom stereocenters. The molecule has 1 heterocycles. The lowest BCUT2D eigenvalue weighted by Gasteiger charge is -2.18. The first kappa shape index (κ1) is 12.6. The Morgan fingerprint density at radius 1 is 1.22 bits per heavy atom. The van der Waals surface area contributed by atoms with E-state index in [9.17, 15) is 4.39 Å². The zero-order chi connectivity index (χ0) is 13.1. The van der Waals surface area contributed by atoms with E-state index in [0.29, 0.717) is 16.8 Å². The van der Waals surface area contributed by atoms with Gasteiger partial charge >= 0.3 is 0 Å². The summed E-state index contributed by atoms with van der Waals surface area (Å²) in [4.78, 5) is 10.3. The number of halogens is 1. The van der Waals surface area contributed by atoms with Gasteiger partial charge in [0.15, 0.2) is 5.16 Å². The summed E-state index contributed by atoms with van der Waals surface area (Å²) in [7, 11) is 1.85. The smallest absolute Gasteiger partial charge is 0.191 e. The Labute approximate surface area is 109 Å². The number of rotatable bonds is 3. The van der Waals surface area contributed by atoms with Crippen LogP contribution in [0, 0.1) is 5.82 Å². The van der Waals surface area contributed by atoms with Crippen LogP contribution < -0.4 is 10.6 Å². The minimum Gasteiger partial charge on any atom is -0.383 e. The molecular weight excluding hydrogens is 251 g/mol. The first-order chi connectivity index (χ1) is 8.60. The Kier molecular flexibility index (Phi) is 3.66. The van der Waals surface area contributed by atoms with E-state index in [2.05, 4.69) is 9.97 Å². The highest BCUT2D eigenvalue weighted by molar-refractivity contribution is 7.98. The van der Waals surface area contributed by atoms with Crippen molar-refractivity contribution >= 4 is 29.1 Å². The maximum atomic E-state index is 12.9.